The fourth-order valence-electron chi connectivity index (χ4n) is 4.82. The molecule has 0 aliphatic carbocycles. The molecule has 0 bridgehead atoms. The number of hydrogen-bond donors (Lipinski definition) is 1. The van der Waals surface area contributed by atoms with Gasteiger partial charge in [0, 0.05) is 13.1 Å². The molecule has 0 spiro atoms. The number of likely N-dealkylation sites (N-methyl/N-ethyl adjacent to an activating group) is 1. The van der Waals surface area contributed by atoms with Crippen LogP contribution in [0, 0.1) is 0 Å². The van der Waals surface area contributed by atoms with Gasteiger partial charge in [0.1, 0.15) is 11.2 Å². The first-order valence-electron chi connectivity index (χ1n) is 14.6. The highest BCUT2D eigenvalue weighted by atomic mass is 16.6. The summed E-state index contributed by atoms with van der Waals surface area (Å²) in [5.41, 5.74) is 8.47. The first-order chi connectivity index (χ1) is 19.6. The number of benzene rings is 3. The number of amides is 2. The number of carbonyl (C=O) groups excluding carboxylic acids is 2. The van der Waals surface area contributed by atoms with E-state index in [0.717, 1.165) is 23.6 Å². The van der Waals surface area contributed by atoms with Crippen molar-refractivity contribution in [2.45, 2.75) is 84.7 Å². The quantitative estimate of drug-likeness (QED) is 0.319. The van der Waals surface area contributed by atoms with Crippen molar-refractivity contribution < 1.29 is 19.1 Å². The summed E-state index contributed by atoms with van der Waals surface area (Å²) in [6.45, 7) is 14.6. The van der Waals surface area contributed by atoms with E-state index in [1.54, 1.807) is 41.5 Å². The standard InChI is InChI=1S/C25H39N3O4.C10H8/c1-17-15-27(8)16-19-14-18(12-13-20(17)19)10-9-11-21(26)28(22(29)31-24(2,3)4)23(30)32-25(5,6)7;1-2-6-10-8-4-3-7-9(10)5-1/h9-10,12-14,17,21H,11,15-16,26H2,1-8H3;1-8H/b10-9+;. The zero-order chi connectivity index (χ0) is 31.1. The van der Waals surface area contributed by atoms with Crippen molar-refractivity contribution in [1.82, 2.24) is 9.80 Å². The van der Waals surface area contributed by atoms with Gasteiger partial charge in [-0.3, -0.25) is 0 Å². The monoisotopic (exact) mass is 573 g/mol. The van der Waals surface area contributed by atoms with E-state index in [9.17, 15) is 9.59 Å². The van der Waals surface area contributed by atoms with Crippen molar-refractivity contribution >= 4 is 29.0 Å². The molecule has 0 radical (unpaired) electrons. The van der Waals surface area contributed by atoms with Crippen LogP contribution >= 0.6 is 0 Å². The van der Waals surface area contributed by atoms with Gasteiger partial charge in [-0.1, -0.05) is 85.8 Å². The smallest absolute Gasteiger partial charge is 0.421 e. The third-order valence-corrected chi connectivity index (χ3v) is 6.58. The normalized spacial score (nSPS) is 16.3. The Bertz CT molecular complexity index is 1290. The first-order valence-corrected chi connectivity index (χ1v) is 14.6. The molecule has 0 saturated heterocycles. The molecule has 7 nitrogen and oxygen atoms in total. The number of nitrogens with two attached hydrogens (primary N) is 1. The van der Waals surface area contributed by atoms with E-state index in [0.29, 0.717) is 5.92 Å². The maximum atomic E-state index is 12.7. The summed E-state index contributed by atoms with van der Waals surface area (Å²) >= 11 is 0. The van der Waals surface area contributed by atoms with Crippen LogP contribution in [-0.2, 0) is 16.0 Å². The molecule has 1 heterocycles. The Hall–Kier alpha value is -3.68. The van der Waals surface area contributed by atoms with Crippen molar-refractivity contribution in [2.75, 3.05) is 13.6 Å². The van der Waals surface area contributed by atoms with Crippen LogP contribution in [0.1, 0.15) is 77.5 Å². The number of ether oxygens (including phenoxy) is 2. The zero-order valence-corrected chi connectivity index (χ0v) is 26.4. The second-order valence-corrected chi connectivity index (χ2v) is 12.9. The molecule has 2 N–H and O–H groups in total. The largest absolute Gasteiger partial charge is 0.443 e. The number of imide groups is 1. The molecule has 0 saturated carbocycles. The average Bonchev–Trinajstić information content (AvgIpc) is 2.87. The minimum Gasteiger partial charge on any atom is -0.443 e. The van der Waals surface area contributed by atoms with Crippen molar-refractivity contribution in [3.8, 4) is 0 Å². The van der Waals surface area contributed by atoms with Gasteiger partial charge in [-0.15, -0.1) is 0 Å². The van der Waals surface area contributed by atoms with Gasteiger partial charge >= 0.3 is 12.2 Å². The van der Waals surface area contributed by atoms with E-state index in [2.05, 4.69) is 85.6 Å². The Labute approximate surface area is 251 Å². The minimum absolute atomic E-state index is 0.270. The summed E-state index contributed by atoms with van der Waals surface area (Å²) < 4.78 is 10.8. The van der Waals surface area contributed by atoms with Crippen LogP contribution in [0.25, 0.3) is 16.8 Å². The molecule has 226 valence electrons. The zero-order valence-electron chi connectivity index (χ0n) is 26.4. The van der Waals surface area contributed by atoms with Crippen molar-refractivity contribution in [3.05, 3.63) is 89.5 Å². The predicted octanol–water partition coefficient (Wildman–Crippen LogP) is 7.94. The maximum Gasteiger partial charge on any atom is 0.421 e. The summed E-state index contributed by atoms with van der Waals surface area (Å²) in [6.07, 6.45) is 1.54. The highest BCUT2D eigenvalue weighted by Gasteiger charge is 2.34. The summed E-state index contributed by atoms with van der Waals surface area (Å²) in [4.78, 5) is 28.5. The highest BCUT2D eigenvalue weighted by Crippen LogP contribution is 2.28. The Morgan fingerprint density at radius 1 is 0.929 bits per heavy atom. The molecular weight excluding hydrogens is 526 g/mol. The van der Waals surface area contributed by atoms with Gasteiger partial charge in [0.05, 0.1) is 6.17 Å². The van der Waals surface area contributed by atoms with Crippen molar-refractivity contribution in [2.24, 2.45) is 5.73 Å². The Morgan fingerprint density at radius 3 is 1.90 bits per heavy atom. The lowest BCUT2D eigenvalue weighted by atomic mass is 9.90. The van der Waals surface area contributed by atoms with Gasteiger partial charge in [-0.25, -0.2) is 9.59 Å². The molecule has 3 aromatic rings. The molecule has 1 aliphatic heterocycles. The molecule has 2 amide bonds. The number of fused-ring (bicyclic) bond motifs is 2. The Morgan fingerprint density at radius 2 is 1.43 bits per heavy atom. The van der Waals surface area contributed by atoms with Gasteiger partial charge in [-0.2, -0.15) is 4.90 Å². The molecular formula is C35H47N3O4. The highest BCUT2D eigenvalue weighted by molar-refractivity contribution is 5.88. The van der Waals surface area contributed by atoms with E-state index >= 15 is 0 Å². The fraction of sp³-hybridized carbons (Fsp3) is 0.429. The molecule has 7 heteroatoms. The average molecular weight is 574 g/mol. The molecule has 42 heavy (non-hydrogen) atoms. The number of rotatable bonds is 4. The van der Waals surface area contributed by atoms with E-state index in [4.69, 9.17) is 15.2 Å². The third-order valence-electron chi connectivity index (χ3n) is 6.58. The summed E-state index contributed by atoms with van der Waals surface area (Å²) in [7, 11) is 2.13. The van der Waals surface area contributed by atoms with Gasteiger partial charge < -0.3 is 20.1 Å². The molecule has 2 atom stereocenters. The van der Waals surface area contributed by atoms with Gasteiger partial charge in [0.25, 0.3) is 0 Å². The molecule has 0 fully saturated rings. The summed E-state index contributed by atoms with van der Waals surface area (Å²) in [5, 5.41) is 2.62. The second-order valence-electron chi connectivity index (χ2n) is 12.9. The van der Waals surface area contributed by atoms with E-state index in [-0.39, 0.29) is 6.42 Å². The van der Waals surface area contributed by atoms with Crippen LogP contribution in [0.4, 0.5) is 9.59 Å². The van der Waals surface area contributed by atoms with Crippen LogP contribution < -0.4 is 5.73 Å². The predicted molar refractivity (Wildman–Crippen MR) is 171 cm³/mol. The van der Waals surface area contributed by atoms with E-state index in [1.807, 2.05) is 12.2 Å². The molecule has 1 aliphatic rings. The molecule has 2 unspecified atom stereocenters. The molecule has 4 rings (SSSR count). The second kappa shape index (κ2) is 14.0. The Kier molecular flexibility index (Phi) is 10.9. The van der Waals surface area contributed by atoms with Crippen LogP contribution in [0.2, 0.25) is 0 Å². The maximum absolute atomic E-state index is 12.7. The SMILES string of the molecule is CC1CN(C)Cc2cc(/C=C/CC(N)N(C(=O)OC(C)(C)C)C(=O)OC(C)(C)C)ccc21.c1ccc2ccccc2c1. The van der Waals surface area contributed by atoms with Gasteiger partial charge in [-0.05, 0) is 88.4 Å². The topological polar surface area (TPSA) is 85.1 Å². The first kappa shape index (κ1) is 32.8. The Balaban J connectivity index is 0.000000401. The number of nitrogens with zero attached hydrogens (tertiary/aromatic N) is 2. The third kappa shape index (κ3) is 10.00. The van der Waals surface area contributed by atoms with Crippen LogP contribution in [-0.4, -0.2) is 52.9 Å². The van der Waals surface area contributed by atoms with Crippen molar-refractivity contribution in [3.63, 3.8) is 0 Å². The van der Waals surface area contributed by atoms with E-state index < -0.39 is 29.6 Å². The van der Waals surface area contributed by atoms with Crippen LogP contribution in [0.15, 0.2) is 72.8 Å². The lowest BCUT2D eigenvalue weighted by molar-refractivity contribution is -0.00652. The molecule has 0 aromatic heterocycles. The minimum atomic E-state index is -0.917. The van der Waals surface area contributed by atoms with Crippen LogP contribution in [0.5, 0.6) is 0 Å². The van der Waals surface area contributed by atoms with Gasteiger partial charge in [0.2, 0.25) is 0 Å². The van der Waals surface area contributed by atoms with E-state index in [1.165, 1.54) is 21.9 Å². The number of hydrogen-bond acceptors (Lipinski definition) is 6. The summed E-state index contributed by atoms with van der Waals surface area (Å²) in [5.74, 6) is 0.506. The van der Waals surface area contributed by atoms with Gasteiger partial charge in [0.15, 0.2) is 0 Å². The molecule has 3 aromatic carbocycles. The lowest BCUT2D eigenvalue weighted by Crippen LogP contribution is -2.52. The summed E-state index contributed by atoms with van der Waals surface area (Å²) in [6, 6.07) is 23.2. The van der Waals surface area contributed by atoms with Crippen molar-refractivity contribution in [1.29, 1.82) is 0 Å². The number of carbonyl (C=O) groups is 2. The lowest BCUT2D eigenvalue weighted by Gasteiger charge is -2.31. The fourth-order valence-corrected chi connectivity index (χ4v) is 4.82. The van der Waals surface area contributed by atoms with Crippen LogP contribution in [0.3, 0.4) is 0 Å².